The third-order valence-corrected chi connectivity index (χ3v) is 6.28. The first kappa shape index (κ1) is 22.2. The molecule has 34 heavy (non-hydrogen) atoms. The van der Waals surface area contributed by atoms with Crippen LogP contribution in [0.4, 0.5) is 13.2 Å². The van der Waals surface area contributed by atoms with E-state index in [2.05, 4.69) is 15.1 Å². The van der Waals surface area contributed by atoms with Crippen molar-refractivity contribution in [1.82, 2.24) is 24.3 Å². The Morgan fingerprint density at radius 2 is 1.74 bits per heavy atom. The van der Waals surface area contributed by atoms with Gasteiger partial charge in [-0.1, -0.05) is 29.4 Å². The summed E-state index contributed by atoms with van der Waals surface area (Å²) in [7, 11) is 0. The zero-order valence-electron chi connectivity index (χ0n) is 17.2. The third-order valence-electron chi connectivity index (χ3n) is 5.02. The molecule has 0 aliphatic heterocycles. The van der Waals surface area contributed by atoms with Crippen LogP contribution >= 0.6 is 23.4 Å². The van der Waals surface area contributed by atoms with E-state index >= 15 is 0 Å². The van der Waals surface area contributed by atoms with Crippen molar-refractivity contribution in [3.8, 4) is 11.4 Å². The largest absolute Gasteiger partial charge is 0.283 e. The van der Waals surface area contributed by atoms with Crippen molar-refractivity contribution < 1.29 is 13.2 Å². The van der Waals surface area contributed by atoms with E-state index in [1.807, 2.05) is 6.07 Å². The lowest BCUT2D eigenvalue weighted by Gasteiger charge is -2.15. The molecule has 5 rings (SSSR count). The number of pyridine rings is 1. The molecule has 0 spiro atoms. The molecule has 0 atom stereocenters. The number of aromatic nitrogens is 5. The van der Waals surface area contributed by atoms with Crippen LogP contribution in [-0.2, 0) is 5.75 Å². The minimum atomic E-state index is -1.41. The van der Waals surface area contributed by atoms with E-state index in [0.717, 1.165) is 28.0 Å². The third kappa shape index (κ3) is 3.95. The van der Waals surface area contributed by atoms with Gasteiger partial charge >= 0.3 is 0 Å². The molecule has 0 saturated heterocycles. The summed E-state index contributed by atoms with van der Waals surface area (Å²) in [5, 5.41) is 13.9. The molecule has 11 heteroatoms. The number of hydrogen-bond acceptors (Lipinski definition) is 5. The number of hydrogen-bond donors (Lipinski definition) is 1. The molecule has 0 aliphatic carbocycles. The van der Waals surface area contributed by atoms with Gasteiger partial charge in [0.25, 0.3) is 0 Å². The molecule has 6 nitrogen and oxygen atoms in total. The van der Waals surface area contributed by atoms with Gasteiger partial charge in [-0.05, 0) is 48.0 Å². The van der Waals surface area contributed by atoms with Crippen molar-refractivity contribution in [1.29, 1.82) is 5.41 Å². The summed E-state index contributed by atoms with van der Waals surface area (Å²) >= 11 is 7.11. The first-order valence-corrected chi connectivity index (χ1v) is 11.3. The number of halogens is 4. The highest BCUT2D eigenvalue weighted by atomic mass is 35.5. The van der Waals surface area contributed by atoms with E-state index < -0.39 is 23.1 Å². The van der Waals surface area contributed by atoms with Crippen molar-refractivity contribution >= 4 is 34.4 Å². The smallest absolute Gasteiger partial charge is 0.185 e. The maximum Gasteiger partial charge on any atom is 0.185 e. The van der Waals surface area contributed by atoms with Gasteiger partial charge < -0.3 is 0 Å². The number of nitrogens with zero attached hydrogens (tertiary/aromatic N) is 5. The van der Waals surface area contributed by atoms with Crippen molar-refractivity contribution in [2.45, 2.75) is 10.9 Å². The van der Waals surface area contributed by atoms with Gasteiger partial charge in [0.1, 0.15) is 11.2 Å². The Morgan fingerprint density at radius 1 is 0.971 bits per heavy atom. The van der Waals surface area contributed by atoms with Gasteiger partial charge in [-0.15, -0.1) is 0 Å². The Hall–Kier alpha value is -3.63. The lowest BCUT2D eigenvalue weighted by atomic mass is 10.2. The standard InChI is InChI=1S/C23H14ClF3N6S/c24-14-3-5-15(6-4-14)33-22-16(11-30-33)21(28)32(20-18(26)8-7-17(25)19(20)27)23(31-22)34-12-13-2-1-9-29-10-13/h1-11,28H,12H2. The highest BCUT2D eigenvalue weighted by Crippen LogP contribution is 2.28. The topological polar surface area (TPSA) is 72.4 Å². The molecule has 0 amide bonds. The Balaban J connectivity index is 1.75. The van der Waals surface area contributed by atoms with Gasteiger partial charge in [-0.25, -0.2) is 22.8 Å². The summed E-state index contributed by atoms with van der Waals surface area (Å²) in [5.74, 6) is -3.32. The van der Waals surface area contributed by atoms with Crippen LogP contribution in [0.15, 0.2) is 72.3 Å². The number of nitrogens with one attached hydrogen (secondary N) is 1. The Kier molecular flexibility index (Phi) is 5.84. The van der Waals surface area contributed by atoms with E-state index in [4.69, 9.17) is 17.0 Å². The predicted octanol–water partition coefficient (Wildman–Crippen LogP) is 5.45. The second kappa shape index (κ2) is 8.96. The lowest BCUT2D eigenvalue weighted by Crippen LogP contribution is -2.24. The van der Waals surface area contributed by atoms with Crippen molar-refractivity contribution in [3.63, 3.8) is 0 Å². The number of benzene rings is 2. The average Bonchev–Trinajstić information content (AvgIpc) is 3.27. The molecule has 0 bridgehead atoms. The van der Waals surface area contributed by atoms with Crippen LogP contribution in [0.25, 0.3) is 22.4 Å². The molecule has 1 N–H and O–H groups in total. The maximum absolute atomic E-state index is 14.8. The fourth-order valence-electron chi connectivity index (χ4n) is 3.40. The molecule has 170 valence electrons. The maximum atomic E-state index is 14.8. The van der Waals surface area contributed by atoms with Gasteiger partial charge in [0.2, 0.25) is 0 Å². The summed E-state index contributed by atoms with van der Waals surface area (Å²) < 4.78 is 46.1. The lowest BCUT2D eigenvalue weighted by molar-refractivity contribution is 0.482. The van der Waals surface area contributed by atoms with E-state index in [-0.39, 0.29) is 16.0 Å². The molecule has 0 unspecified atom stereocenters. The molecule has 5 aromatic rings. The Morgan fingerprint density at radius 3 is 2.47 bits per heavy atom. The van der Waals surface area contributed by atoms with Gasteiger partial charge in [-0.3, -0.25) is 15.0 Å². The van der Waals surface area contributed by atoms with E-state index in [9.17, 15) is 13.2 Å². The highest BCUT2D eigenvalue weighted by molar-refractivity contribution is 7.98. The summed E-state index contributed by atoms with van der Waals surface area (Å²) in [4.78, 5) is 8.66. The fraction of sp³-hybridized carbons (Fsp3) is 0.0435. The van der Waals surface area contributed by atoms with Gasteiger partial charge in [0, 0.05) is 23.2 Å². The van der Waals surface area contributed by atoms with E-state index in [1.165, 1.54) is 10.9 Å². The van der Waals surface area contributed by atoms with Crippen molar-refractivity contribution in [2.24, 2.45) is 0 Å². The zero-order chi connectivity index (χ0) is 23.8. The van der Waals surface area contributed by atoms with Crippen molar-refractivity contribution in [2.75, 3.05) is 0 Å². The van der Waals surface area contributed by atoms with Crippen LogP contribution in [0.5, 0.6) is 0 Å². The second-order valence-electron chi connectivity index (χ2n) is 7.19. The molecule has 0 fully saturated rings. The highest BCUT2D eigenvalue weighted by Gasteiger charge is 2.22. The number of fused-ring (bicyclic) bond motifs is 1. The van der Waals surface area contributed by atoms with Crippen LogP contribution in [0, 0.1) is 22.9 Å². The van der Waals surface area contributed by atoms with Crippen LogP contribution in [0.2, 0.25) is 5.02 Å². The van der Waals surface area contributed by atoms with E-state index in [1.54, 1.807) is 42.7 Å². The first-order valence-electron chi connectivity index (χ1n) is 9.91. The summed E-state index contributed by atoms with van der Waals surface area (Å²) in [6.45, 7) is 0. The molecule has 3 aromatic heterocycles. The van der Waals surface area contributed by atoms with Gasteiger partial charge in [0.15, 0.2) is 28.3 Å². The number of thioether (sulfide) groups is 1. The molecule has 0 radical (unpaired) electrons. The minimum Gasteiger partial charge on any atom is -0.283 e. The van der Waals surface area contributed by atoms with Gasteiger partial charge in [-0.2, -0.15) is 5.10 Å². The van der Waals surface area contributed by atoms with E-state index in [0.29, 0.717) is 28.2 Å². The molecule has 0 aliphatic rings. The number of rotatable bonds is 5. The average molecular weight is 499 g/mol. The van der Waals surface area contributed by atoms with Crippen LogP contribution < -0.4 is 5.49 Å². The van der Waals surface area contributed by atoms with Crippen LogP contribution in [-0.4, -0.2) is 24.3 Å². The molecule has 0 saturated carbocycles. The van der Waals surface area contributed by atoms with Crippen LogP contribution in [0.1, 0.15) is 5.56 Å². The second-order valence-corrected chi connectivity index (χ2v) is 8.57. The molecular weight excluding hydrogens is 485 g/mol. The summed E-state index contributed by atoms with van der Waals surface area (Å²) in [6, 6.07) is 12.0. The van der Waals surface area contributed by atoms with Crippen molar-refractivity contribution in [3.05, 3.63) is 101 Å². The molecule has 2 aromatic carbocycles. The fourth-order valence-corrected chi connectivity index (χ4v) is 4.46. The van der Waals surface area contributed by atoms with Gasteiger partial charge in [0.05, 0.1) is 17.3 Å². The minimum absolute atomic E-state index is 0.0838. The SMILES string of the molecule is N=c1c2cnn(-c3ccc(Cl)cc3)c2nc(SCc2cccnc2)n1-c1c(F)ccc(F)c1F. The predicted molar refractivity (Wildman–Crippen MR) is 123 cm³/mol. The Bertz CT molecular complexity index is 1570. The quantitative estimate of drug-likeness (QED) is 0.199. The summed E-state index contributed by atoms with van der Waals surface area (Å²) in [5.41, 5.74) is 0.762. The Labute approximate surface area is 200 Å². The summed E-state index contributed by atoms with van der Waals surface area (Å²) in [6.07, 6.45) is 4.65. The zero-order valence-corrected chi connectivity index (χ0v) is 18.8. The normalized spacial score (nSPS) is 11.3. The first-order chi connectivity index (χ1) is 16.4. The monoisotopic (exact) mass is 498 g/mol. The molecule has 3 heterocycles. The molecular formula is C23H14ClF3N6S. The van der Waals surface area contributed by atoms with Crippen LogP contribution in [0.3, 0.4) is 0 Å².